The van der Waals surface area contributed by atoms with Crippen molar-refractivity contribution in [2.75, 3.05) is 0 Å². The Bertz CT molecular complexity index is 3100. The summed E-state index contributed by atoms with van der Waals surface area (Å²) in [6.07, 6.45) is 0. The normalized spacial score (nSPS) is 14.6. The van der Waals surface area contributed by atoms with Gasteiger partial charge in [0.15, 0.2) is 0 Å². The average molecular weight is 703 g/mol. The molecular formula is C55H42. The fourth-order valence-corrected chi connectivity index (χ4v) is 10.3. The van der Waals surface area contributed by atoms with E-state index >= 15 is 0 Å². The van der Waals surface area contributed by atoms with Gasteiger partial charge in [-0.05, 0) is 135 Å². The Labute approximate surface area is 323 Å². The topological polar surface area (TPSA) is 0 Å². The molecular weight excluding hydrogens is 661 g/mol. The number of rotatable bonds is 3. The summed E-state index contributed by atoms with van der Waals surface area (Å²) in [6, 6.07) is 62.1. The van der Waals surface area contributed by atoms with E-state index in [4.69, 9.17) is 0 Å². The largest absolute Gasteiger partial charge is 0.0619 e. The van der Waals surface area contributed by atoms with E-state index in [1.807, 2.05) is 0 Å². The number of aryl methyl sites for hydroxylation is 1. The Morgan fingerprint density at radius 3 is 1.67 bits per heavy atom. The van der Waals surface area contributed by atoms with Crippen LogP contribution in [0.15, 0.2) is 164 Å². The molecule has 0 heteroatoms. The second-order valence-corrected chi connectivity index (χ2v) is 17.0. The first-order valence-electron chi connectivity index (χ1n) is 19.7. The molecule has 2 aliphatic rings. The van der Waals surface area contributed by atoms with Crippen molar-refractivity contribution in [1.82, 2.24) is 0 Å². The van der Waals surface area contributed by atoms with Gasteiger partial charge in [0, 0.05) is 10.8 Å². The van der Waals surface area contributed by atoms with Crippen LogP contribution in [0.1, 0.15) is 55.5 Å². The standard InChI is InChI=1S/C55H42/c1-33-21-26-43-46(29-33)52(45-18-12-20-48-53(45)44-17-10-11-19-47(44)54(48,2)3)42-16-9-8-15-41(42)51(43)38-25-28-40-39-27-24-37(31-49(39)55(4,5)50(40)32-38)36-23-22-34-13-6-7-14-35(34)30-36/h6-32H,1-5H3. The van der Waals surface area contributed by atoms with Gasteiger partial charge < -0.3 is 0 Å². The van der Waals surface area contributed by atoms with Crippen LogP contribution in [0.3, 0.4) is 0 Å². The van der Waals surface area contributed by atoms with Crippen molar-refractivity contribution in [3.63, 3.8) is 0 Å². The molecule has 9 aromatic carbocycles. The number of hydrogen-bond donors (Lipinski definition) is 0. The summed E-state index contributed by atoms with van der Waals surface area (Å²) in [5, 5.41) is 7.76. The van der Waals surface area contributed by atoms with E-state index in [0.29, 0.717) is 0 Å². The number of fused-ring (bicyclic) bond motifs is 9. The predicted molar refractivity (Wildman–Crippen MR) is 235 cm³/mol. The lowest BCUT2D eigenvalue weighted by Crippen LogP contribution is -2.15. The van der Waals surface area contributed by atoms with Gasteiger partial charge in [0.1, 0.15) is 0 Å². The van der Waals surface area contributed by atoms with Gasteiger partial charge >= 0.3 is 0 Å². The molecule has 2 aliphatic carbocycles. The zero-order chi connectivity index (χ0) is 37.2. The molecule has 0 N–H and O–H groups in total. The van der Waals surface area contributed by atoms with Gasteiger partial charge in [-0.2, -0.15) is 0 Å². The highest BCUT2D eigenvalue weighted by Crippen LogP contribution is 2.56. The smallest absolute Gasteiger partial charge is 0.0159 e. The van der Waals surface area contributed by atoms with E-state index in [1.54, 1.807) is 0 Å². The molecule has 55 heavy (non-hydrogen) atoms. The van der Waals surface area contributed by atoms with Gasteiger partial charge in [-0.3, -0.25) is 0 Å². The van der Waals surface area contributed by atoms with Crippen LogP contribution >= 0.6 is 0 Å². The summed E-state index contributed by atoms with van der Waals surface area (Å²) in [5.41, 5.74) is 19.9. The highest BCUT2D eigenvalue weighted by molar-refractivity contribution is 6.23. The van der Waals surface area contributed by atoms with Crippen LogP contribution in [0, 0.1) is 6.92 Å². The first-order chi connectivity index (χ1) is 26.7. The van der Waals surface area contributed by atoms with Crippen LogP contribution in [-0.2, 0) is 10.8 Å². The molecule has 0 saturated carbocycles. The fourth-order valence-electron chi connectivity index (χ4n) is 10.3. The SMILES string of the molecule is Cc1ccc2c(-c3ccc4c(c3)C(C)(C)c3cc(-c5ccc6ccccc6c5)ccc3-4)c3ccccc3c(-c3cccc4c3-c3ccccc3C4(C)C)c2c1. The van der Waals surface area contributed by atoms with Crippen molar-refractivity contribution in [2.24, 2.45) is 0 Å². The molecule has 0 aromatic heterocycles. The second kappa shape index (κ2) is 11.4. The molecule has 0 nitrogen and oxygen atoms in total. The van der Waals surface area contributed by atoms with Crippen molar-refractivity contribution in [3.8, 4) is 55.6 Å². The lowest BCUT2D eigenvalue weighted by molar-refractivity contribution is 0.660. The molecule has 0 amide bonds. The summed E-state index contributed by atoms with van der Waals surface area (Å²) in [6.45, 7) is 11.8. The predicted octanol–water partition coefficient (Wildman–Crippen LogP) is 15.1. The van der Waals surface area contributed by atoms with Crippen molar-refractivity contribution < 1.29 is 0 Å². The summed E-state index contributed by atoms with van der Waals surface area (Å²) in [5.74, 6) is 0. The fraction of sp³-hybridized carbons (Fsp3) is 0.127. The molecule has 0 bridgehead atoms. The lowest BCUT2D eigenvalue weighted by Gasteiger charge is -2.24. The minimum absolute atomic E-state index is 0.0611. The van der Waals surface area contributed by atoms with Crippen LogP contribution in [0.2, 0.25) is 0 Å². The summed E-state index contributed by atoms with van der Waals surface area (Å²) in [4.78, 5) is 0. The molecule has 0 atom stereocenters. The number of benzene rings is 9. The third-order valence-corrected chi connectivity index (χ3v) is 13.1. The number of hydrogen-bond acceptors (Lipinski definition) is 0. The van der Waals surface area contributed by atoms with Gasteiger partial charge in [-0.25, -0.2) is 0 Å². The minimum Gasteiger partial charge on any atom is -0.0619 e. The maximum Gasteiger partial charge on any atom is 0.0159 e. The first-order valence-corrected chi connectivity index (χ1v) is 19.7. The van der Waals surface area contributed by atoms with E-state index in [1.165, 1.54) is 116 Å². The molecule has 0 spiro atoms. The Morgan fingerprint density at radius 1 is 0.309 bits per heavy atom. The Morgan fingerprint density at radius 2 is 0.873 bits per heavy atom. The zero-order valence-electron chi connectivity index (χ0n) is 32.1. The van der Waals surface area contributed by atoms with Crippen LogP contribution in [0.5, 0.6) is 0 Å². The lowest BCUT2D eigenvalue weighted by atomic mass is 9.79. The molecule has 0 unspecified atom stereocenters. The van der Waals surface area contributed by atoms with Crippen LogP contribution in [0.25, 0.3) is 88.0 Å². The first kappa shape index (κ1) is 32.2. The van der Waals surface area contributed by atoms with E-state index in [-0.39, 0.29) is 10.8 Å². The summed E-state index contributed by atoms with van der Waals surface area (Å²) < 4.78 is 0. The quantitative estimate of drug-likeness (QED) is 0.161. The van der Waals surface area contributed by atoms with Gasteiger partial charge in [0.25, 0.3) is 0 Å². The van der Waals surface area contributed by atoms with Crippen molar-refractivity contribution >= 4 is 32.3 Å². The van der Waals surface area contributed by atoms with Gasteiger partial charge in [0.2, 0.25) is 0 Å². The van der Waals surface area contributed by atoms with E-state index in [2.05, 4.69) is 198 Å². The van der Waals surface area contributed by atoms with Crippen LogP contribution < -0.4 is 0 Å². The van der Waals surface area contributed by atoms with Crippen molar-refractivity contribution in [2.45, 2.75) is 45.4 Å². The Hall–Kier alpha value is -6.24. The molecule has 9 aromatic rings. The Balaban J connectivity index is 1.11. The maximum atomic E-state index is 2.50. The van der Waals surface area contributed by atoms with E-state index in [9.17, 15) is 0 Å². The van der Waals surface area contributed by atoms with Gasteiger partial charge in [0.05, 0.1) is 0 Å². The summed E-state index contributed by atoms with van der Waals surface area (Å²) in [7, 11) is 0. The van der Waals surface area contributed by atoms with E-state index in [0.717, 1.165) is 0 Å². The van der Waals surface area contributed by atoms with Crippen LogP contribution in [0.4, 0.5) is 0 Å². The van der Waals surface area contributed by atoms with Gasteiger partial charge in [-0.15, -0.1) is 0 Å². The summed E-state index contributed by atoms with van der Waals surface area (Å²) >= 11 is 0. The third kappa shape index (κ3) is 4.52. The molecule has 0 heterocycles. The van der Waals surface area contributed by atoms with Crippen molar-refractivity contribution in [3.05, 3.63) is 192 Å². The molecule has 262 valence electrons. The molecule has 11 rings (SSSR count). The highest BCUT2D eigenvalue weighted by Gasteiger charge is 2.38. The molecule has 0 radical (unpaired) electrons. The molecule has 0 saturated heterocycles. The third-order valence-electron chi connectivity index (χ3n) is 13.1. The van der Waals surface area contributed by atoms with Crippen LogP contribution in [-0.4, -0.2) is 0 Å². The minimum atomic E-state index is -0.152. The van der Waals surface area contributed by atoms with E-state index < -0.39 is 0 Å². The average Bonchev–Trinajstić information content (AvgIpc) is 3.58. The molecule has 0 fully saturated rings. The van der Waals surface area contributed by atoms with Crippen molar-refractivity contribution in [1.29, 1.82) is 0 Å². The monoisotopic (exact) mass is 702 g/mol. The maximum absolute atomic E-state index is 2.50. The zero-order valence-corrected chi connectivity index (χ0v) is 32.1. The molecule has 0 aliphatic heterocycles. The Kier molecular flexibility index (Phi) is 6.67. The highest BCUT2D eigenvalue weighted by atomic mass is 14.4. The van der Waals surface area contributed by atoms with Gasteiger partial charge in [-0.1, -0.05) is 179 Å². The second-order valence-electron chi connectivity index (χ2n) is 17.0.